The van der Waals surface area contributed by atoms with E-state index in [0.717, 1.165) is 19.4 Å². The van der Waals surface area contributed by atoms with Gasteiger partial charge in [0, 0.05) is 24.5 Å². The lowest BCUT2D eigenvalue weighted by Crippen LogP contribution is -2.47. The highest BCUT2D eigenvalue weighted by molar-refractivity contribution is 5.80. The minimum Gasteiger partial charge on any atom is -0.300 e. The van der Waals surface area contributed by atoms with E-state index >= 15 is 0 Å². The highest BCUT2D eigenvalue weighted by atomic mass is 16.1. The summed E-state index contributed by atoms with van der Waals surface area (Å²) in [4.78, 5) is 14.7. The number of piperidine rings is 1. The summed E-state index contributed by atoms with van der Waals surface area (Å²) in [5, 5.41) is 0. The number of hydrogen-bond donors (Lipinski definition) is 0. The maximum atomic E-state index is 12.0. The van der Waals surface area contributed by atoms with Gasteiger partial charge in [0.25, 0.3) is 0 Å². The average molecular weight is 360 g/mol. The van der Waals surface area contributed by atoms with Gasteiger partial charge in [-0.2, -0.15) is 0 Å². The van der Waals surface area contributed by atoms with Crippen LogP contribution in [0, 0.1) is 5.92 Å². The van der Waals surface area contributed by atoms with Crippen LogP contribution in [0.3, 0.4) is 0 Å². The lowest BCUT2D eigenvalue weighted by Gasteiger charge is -2.39. The van der Waals surface area contributed by atoms with Crippen LogP contribution < -0.4 is 0 Å². The van der Waals surface area contributed by atoms with E-state index in [1.165, 1.54) is 36.0 Å². The van der Waals surface area contributed by atoms with E-state index in [0.29, 0.717) is 17.9 Å². The Morgan fingerprint density at radius 3 is 2.11 bits per heavy atom. The molecule has 3 atom stereocenters. The molecule has 2 bridgehead atoms. The topological polar surface area (TPSA) is 20.3 Å². The van der Waals surface area contributed by atoms with Crippen LogP contribution in [-0.2, 0) is 4.79 Å². The summed E-state index contributed by atoms with van der Waals surface area (Å²) < 4.78 is 0. The van der Waals surface area contributed by atoms with Gasteiger partial charge in [-0.1, -0.05) is 66.7 Å². The second kappa shape index (κ2) is 8.22. The molecule has 2 aliphatic heterocycles. The van der Waals surface area contributed by atoms with Crippen LogP contribution in [-0.4, -0.2) is 29.3 Å². The van der Waals surface area contributed by atoms with Crippen molar-refractivity contribution in [3.63, 3.8) is 0 Å². The maximum Gasteiger partial charge on any atom is 0.134 e. The minimum atomic E-state index is 0.260. The van der Waals surface area contributed by atoms with Gasteiger partial charge >= 0.3 is 0 Å². The van der Waals surface area contributed by atoms with Gasteiger partial charge in [0.15, 0.2) is 0 Å². The van der Waals surface area contributed by atoms with Crippen molar-refractivity contribution in [1.82, 2.24) is 4.90 Å². The summed E-state index contributed by atoms with van der Waals surface area (Å²) in [6.07, 6.45) is 8.16. The number of ketones is 1. The van der Waals surface area contributed by atoms with Gasteiger partial charge in [-0.05, 0) is 55.7 Å². The van der Waals surface area contributed by atoms with Crippen molar-refractivity contribution in [2.24, 2.45) is 5.92 Å². The fraction of sp³-hybridized carbons (Fsp3) is 0.400. The quantitative estimate of drug-likeness (QED) is 0.694. The molecule has 0 unspecified atom stereocenters. The number of carbonyl (C=O) groups is 1. The fourth-order valence-electron chi connectivity index (χ4n) is 5.09. The van der Waals surface area contributed by atoms with Crippen LogP contribution in [0.15, 0.2) is 66.7 Å². The standard InChI is InChI=1S/C25H29NO/c1-19(27)23-16-14-22-15-17-25(23)26(22)18-8-13-24(20-9-4-2-5-10-20)21-11-6-3-7-12-21/h2-7,9-13,22-23,25H,8,14-18H2,1H3/t22-,23-,25-/m0/s1. The highest BCUT2D eigenvalue weighted by Gasteiger charge is 2.43. The van der Waals surface area contributed by atoms with Crippen LogP contribution in [0.5, 0.6) is 0 Å². The molecule has 0 saturated carbocycles. The van der Waals surface area contributed by atoms with Crippen LogP contribution >= 0.6 is 0 Å². The van der Waals surface area contributed by atoms with Crippen LogP contribution in [0.4, 0.5) is 0 Å². The Balaban J connectivity index is 1.52. The zero-order chi connectivity index (χ0) is 18.6. The zero-order valence-electron chi connectivity index (χ0n) is 16.2. The normalized spacial score (nSPS) is 24.6. The van der Waals surface area contributed by atoms with E-state index in [-0.39, 0.29) is 5.92 Å². The second-order valence-electron chi connectivity index (χ2n) is 7.97. The van der Waals surface area contributed by atoms with Gasteiger partial charge in [0.05, 0.1) is 0 Å². The van der Waals surface area contributed by atoms with Crippen LogP contribution in [0.25, 0.3) is 5.57 Å². The third-order valence-corrected chi connectivity index (χ3v) is 6.39. The molecule has 2 aromatic carbocycles. The third kappa shape index (κ3) is 3.91. The Bertz CT molecular complexity index is 754. The number of benzene rings is 2. The van der Waals surface area contributed by atoms with Gasteiger partial charge in [-0.15, -0.1) is 0 Å². The molecular formula is C25H29NO. The largest absolute Gasteiger partial charge is 0.300 e. The molecule has 140 valence electrons. The highest BCUT2D eigenvalue weighted by Crippen LogP contribution is 2.39. The molecule has 0 N–H and O–H groups in total. The predicted molar refractivity (Wildman–Crippen MR) is 112 cm³/mol. The van der Waals surface area contributed by atoms with E-state index in [4.69, 9.17) is 0 Å². The molecule has 0 aliphatic carbocycles. The molecule has 2 saturated heterocycles. The number of nitrogens with zero attached hydrogens (tertiary/aromatic N) is 1. The zero-order valence-corrected chi connectivity index (χ0v) is 16.2. The lowest BCUT2D eigenvalue weighted by molar-refractivity contribution is -0.124. The van der Waals surface area contributed by atoms with Gasteiger partial charge in [-0.3, -0.25) is 9.69 Å². The van der Waals surface area contributed by atoms with E-state index in [1.807, 2.05) is 0 Å². The molecule has 0 radical (unpaired) electrons. The third-order valence-electron chi connectivity index (χ3n) is 6.39. The van der Waals surface area contributed by atoms with Gasteiger partial charge in [0.1, 0.15) is 5.78 Å². The number of carbonyl (C=O) groups excluding carboxylic acids is 1. The van der Waals surface area contributed by atoms with Crippen molar-refractivity contribution in [3.8, 4) is 0 Å². The lowest BCUT2D eigenvalue weighted by atomic mass is 9.87. The molecule has 2 heterocycles. The Morgan fingerprint density at radius 1 is 0.926 bits per heavy atom. The molecule has 0 spiro atoms. The predicted octanol–water partition coefficient (Wildman–Crippen LogP) is 5.34. The molecule has 0 aromatic heterocycles. The molecular weight excluding hydrogens is 330 g/mol. The number of fused-ring (bicyclic) bond motifs is 2. The fourth-order valence-corrected chi connectivity index (χ4v) is 5.09. The monoisotopic (exact) mass is 359 g/mol. The van der Waals surface area contributed by atoms with E-state index < -0.39 is 0 Å². The molecule has 2 nitrogen and oxygen atoms in total. The summed E-state index contributed by atoms with van der Waals surface area (Å²) in [5.41, 5.74) is 3.85. The van der Waals surface area contributed by atoms with Crippen molar-refractivity contribution in [1.29, 1.82) is 0 Å². The summed E-state index contributed by atoms with van der Waals surface area (Å²) in [7, 11) is 0. The first-order valence-electron chi connectivity index (χ1n) is 10.3. The number of rotatable bonds is 6. The Kier molecular flexibility index (Phi) is 5.54. The second-order valence-corrected chi connectivity index (χ2v) is 7.97. The van der Waals surface area contributed by atoms with E-state index in [2.05, 4.69) is 71.6 Å². The average Bonchev–Trinajstić information content (AvgIpc) is 2.95. The summed E-state index contributed by atoms with van der Waals surface area (Å²) >= 11 is 0. The van der Waals surface area contributed by atoms with Crippen molar-refractivity contribution in [2.45, 2.75) is 51.1 Å². The Labute approximate surface area is 162 Å². The van der Waals surface area contributed by atoms with Crippen molar-refractivity contribution >= 4 is 11.4 Å². The molecule has 2 heteroatoms. The summed E-state index contributed by atoms with van der Waals surface area (Å²) in [6.45, 7) is 2.84. The first-order valence-corrected chi connectivity index (χ1v) is 10.3. The molecule has 2 aromatic rings. The molecule has 0 amide bonds. The van der Waals surface area contributed by atoms with Gasteiger partial charge in [0.2, 0.25) is 0 Å². The van der Waals surface area contributed by atoms with Crippen molar-refractivity contribution in [3.05, 3.63) is 77.9 Å². The Morgan fingerprint density at radius 2 is 1.52 bits per heavy atom. The summed E-state index contributed by atoms with van der Waals surface area (Å²) in [5.74, 6) is 0.644. The van der Waals surface area contributed by atoms with Gasteiger partial charge in [-0.25, -0.2) is 0 Å². The summed E-state index contributed by atoms with van der Waals surface area (Å²) in [6, 6.07) is 22.5. The first-order chi connectivity index (χ1) is 13.2. The van der Waals surface area contributed by atoms with Crippen LogP contribution in [0.1, 0.15) is 50.2 Å². The SMILES string of the molecule is CC(=O)[C@@H]1CC[C@H]2CC[C@@H]1N2CCC=C(c1ccccc1)c1ccccc1. The minimum absolute atomic E-state index is 0.260. The maximum absolute atomic E-state index is 12.0. The van der Waals surface area contributed by atoms with Gasteiger partial charge < -0.3 is 0 Å². The molecule has 2 fully saturated rings. The van der Waals surface area contributed by atoms with Crippen molar-refractivity contribution < 1.29 is 4.79 Å². The first kappa shape index (κ1) is 18.2. The molecule has 27 heavy (non-hydrogen) atoms. The molecule has 2 aliphatic rings. The van der Waals surface area contributed by atoms with Crippen molar-refractivity contribution in [2.75, 3.05) is 6.54 Å². The molecule has 4 rings (SSSR count). The smallest absolute Gasteiger partial charge is 0.134 e. The van der Waals surface area contributed by atoms with E-state index in [9.17, 15) is 4.79 Å². The van der Waals surface area contributed by atoms with Crippen LogP contribution in [0.2, 0.25) is 0 Å². The number of Topliss-reactive ketones (excluding diaryl/α,β-unsaturated/α-hetero) is 1. The Hall–Kier alpha value is -2.19. The van der Waals surface area contributed by atoms with E-state index in [1.54, 1.807) is 6.92 Å². The number of hydrogen-bond acceptors (Lipinski definition) is 2.